The van der Waals surface area contributed by atoms with Crippen molar-refractivity contribution in [1.82, 2.24) is 29.9 Å². The van der Waals surface area contributed by atoms with Gasteiger partial charge < -0.3 is 4.74 Å². The molecule has 0 radical (unpaired) electrons. The third kappa shape index (κ3) is 2.76. The van der Waals surface area contributed by atoms with E-state index in [0.717, 1.165) is 16.9 Å². The summed E-state index contributed by atoms with van der Waals surface area (Å²) < 4.78 is 84.0. The van der Waals surface area contributed by atoms with Crippen molar-refractivity contribution in [3.8, 4) is 22.5 Å². The summed E-state index contributed by atoms with van der Waals surface area (Å²) in [6, 6.07) is 4.10. The number of hydrogen-bond acceptors (Lipinski definition) is 5. The van der Waals surface area contributed by atoms with E-state index in [1.54, 1.807) is 6.07 Å². The van der Waals surface area contributed by atoms with E-state index in [1.807, 2.05) is 0 Å². The summed E-state index contributed by atoms with van der Waals surface area (Å²) in [7, 11) is 0. The Labute approximate surface area is 170 Å². The molecule has 1 aliphatic heterocycles. The Hall–Kier alpha value is -3.34. The minimum atomic E-state index is -5.19. The number of pyridine rings is 2. The first kappa shape index (κ1) is 15.5. The Morgan fingerprint density at radius 3 is 2.83 bits per heavy atom. The van der Waals surface area contributed by atoms with Crippen LogP contribution in [-0.2, 0) is 17.9 Å². The molecule has 0 amide bonds. The van der Waals surface area contributed by atoms with Crippen molar-refractivity contribution in [3.63, 3.8) is 0 Å². The van der Waals surface area contributed by atoms with Crippen LogP contribution in [0.15, 0.2) is 36.8 Å². The summed E-state index contributed by atoms with van der Waals surface area (Å²) in [6.45, 7) is -5.27. The van der Waals surface area contributed by atoms with E-state index in [1.165, 1.54) is 18.5 Å². The average Bonchev–Trinajstić information content (AvgIpc) is 3.36. The Morgan fingerprint density at radius 1 is 1.23 bits per heavy atom. The van der Waals surface area contributed by atoms with E-state index in [4.69, 9.17) is 8.85 Å². The molecular weight excluding hydrogens is 404 g/mol. The Balaban J connectivity index is 1.77. The number of alkyl halides is 3. The Bertz CT molecular complexity index is 1330. The number of H-pyrrole nitrogens is 1. The number of fused-ring (bicyclic) bond motifs is 2. The molecule has 1 atom stereocenters. The topological polar surface area (TPSA) is 81.5 Å². The maximum atomic E-state index is 13.9. The highest BCUT2D eigenvalue weighted by Crippen LogP contribution is 2.43. The second-order valence-electron chi connectivity index (χ2n) is 6.79. The van der Waals surface area contributed by atoms with E-state index in [9.17, 15) is 17.6 Å². The quantitative estimate of drug-likeness (QED) is 0.497. The molecule has 5 heterocycles. The molecule has 5 rings (SSSR count). The Kier molecular flexibility index (Phi) is 3.27. The lowest BCUT2D eigenvalue weighted by Crippen LogP contribution is -2.51. The first-order valence-electron chi connectivity index (χ1n) is 10.2. The molecule has 0 saturated carbocycles. The molecule has 7 nitrogen and oxygen atoms in total. The zero-order valence-corrected chi connectivity index (χ0v) is 15.0. The minimum absolute atomic E-state index is 0.144. The molecule has 11 heteroatoms. The van der Waals surface area contributed by atoms with Gasteiger partial charge in [0.2, 0.25) is 0 Å². The largest absolute Gasteiger partial charge is 0.419 e. The van der Waals surface area contributed by atoms with Crippen molar-refractivity contribution in [1.29, 1.82) is 0 Å². The fourth-order valence-corrected chi connectivity index (χ4v) is 3.44. The highest BCUT2D eigenvalue weighted by atomic mass is 19.4. The van der Waals surface area contributed by atoms with Crippen LogP contribution >= 0.6 is 0 Å². The zero-order chi connectivity index (χ0) is 23.6. The summed E-state index contributed by atoms with van der Waals surface area (Å²) in [5.74, 6) is -0.604. The second-order valence-corrected chi connectivity index (χ2v) is 6.79. The van der Waals surface area contributed by atoms with Crippen molar-refractivity contribution in [3.05, 3.63) is 48.3 Å². The lowest BCUT2D eigenvalue weighted by Gasteiger charge is -2.36. The molecule has 0 saturated heterocycles. The van der Waals surface area contributed by atoms with Gasteiger partial charge in [0.1, 0.15) is 11.5 Å². The number of aromatic nitrogens is 6. The van der Waals surface area contributed by atoms with Crippen molar-refractivity contribution >= 4 is 11.0 Å². The maximum Gasteiger partial charge on any atom is 0.419 e. The molecule has 0 fully saturated rings. The van der Waals surface area contributed by atoms with Gasteiger partial charge in [-0.1, -0.05) is 0 Å². The van der Waals surface area contributed by atoms with Gasteiger partial charge in [-0.15, -0.1) is 0 Å². The second kappa shape index (κ2) is 6.33. The normalized spacial score (nSPS) is 21.1. The molecule has 0 spiro atoms. The van der Waals surface area contributed by atoms with Crippen molar-refractivity contribution < 1.29 is 26.4 Å². The van der Waals surface area contributed by atoms with Crippen LogP contribution in [0.4, 0.5) is 17.6 Å². The molecule has 0 aliphatic carbocycles. The zero-order valence-electron chi connectivity index (χ0n) is 18.0. The summed E-state index contributed by atoms with van der Waals surface area (Å²) in [6.07, 6.45) is -1.26. The van der Waals surface area contributed by atoms with E-state index in [2.05, 4.69) is 25.3 Å². The summed E-state index contributed by atoms with van der Waals surface area (Å²) >= 11 is 0. The molecule has 30 heavy (non-hydrogen) atoms. The van der Waals surface area contributed by atoms with Gasteiger partial charge in [0.15, 0.2) is 11.2 Å². The smallest absolute Gasteiger partial charge is 0.358 e. The van der Waals surface area contributed by atoms with Crippen molar-refractivity contribution in [2.75, 3.05) is 0 Å². The number of rotatable bonds is 2. The SMILES string of the molecule is [2H]C([2H])([2H])C1(C(F)(F)F)Cn2nc(-c3ccc(F)cn3)c(-c3ccnc4[nH]ncc34)c2CO1. The highest BCUT2D eigenvalue weighted by Gasteiger charge is 2.55. The maximum absolute atomic E-state index is 13.9. The number of halogens is 4. The summed E-state index contributed by atoms with van der Waals surface area (Å²) in [4.78, 5) is 8.18. The van der Waals surface area contributed by atoms with Crippen LogP contribution in [0.5, 0.6) is 0 Å². The lowest BCUT2D eigenvalue weighted by molar-refractivity contribution is -0.287. The van der Waals surface area contributed by atoms with Gasteiger partial charge >= 0.3 is 6.18 Å². The average molecular weight is 421 g/mol. The molecule has 4 aromatic heterocycles. The molecular formula is C19H14F4N6O. The van der Waals surface area contributed by atoms with E-state index in [-0.39, 0.29) is 17.1 Å². The number of hydrogen-bond donors (Lipinski definition) is 1. The predicted octanol–water partition coefficient (Wildman–Crippen LogP) is 3.87. The molecule has 0 bridgehead atoms. The van der Waals surface area contributed by atoms with E-state index < -0.39 is 37.6 Å². The van der Waals surface area contributed by atoms with Crippen LogP contribution in [0.25, 0.3) is 33.5 Å². The predicted molar refractivity (Wildman–Crippen MR) is 97.5 cm³/mol. The van der Waals surface area contributed by atoms with Gasteiger partial charge in [0.05, 0.1) is 36.9 Å². The van der Waals surface area contributed by atoms with Gasteiger partial charge in [0.25, 0.3) is 0 Å². The van der Waals surface area contributed by atoms with Gasteiger partial charge in [-0.25, -0.2) is 9.37 Å². The first-order chi connectivity index (χ1) is 15.5. The van der Waals surface area contributed by atoms with Crippen LogP contribution in [0.2, 0.25) is 0 Å². The van der Waals surface area contributed by atoms with Crippen LogP contribution in [-0.4, -0.2) is 41.7 Å². The fraction of sp³-hybridized carbons (Fsp3) is 0.263. The van der Waals surface area contributed by atoms with Gasteiger partial charge in [-0.2, -0.15) is 23.4 Å². The molecule has 154 valence electrons. The highest BCUT2D eigenvalue weighted by molar-refractivity contribution is 5.97. The monoisotopic (exact) mass is 421 g/mol. The van der Waals surface area contributed by atoms with E-state index in [0.29, 0.717) is 22.2 Å². The standard InChI is InChI=1S/C19H14F4N6O/c1-18(19(21,22)23)9-29-14(8-30-18)15(11-4-5-24-17-12(11)7-26-27-17)16(28-29)13-3-2-10(20)6-25-13/h2-7H,8-9H2,1H3,(H,24,26,27)/i1D3. The molecule has 4 aromatic rings. The van der Waals surface area contributed by atoms with Crippen LogP contribution < -0.4 is 0 Å². The van der Waals surface area contributed by atoms with Crippen LogP contribution in [0, 0.1) is 5.82 Å². The first-order valence-corrected chi connectivity index (χ1v) is 8.72. The van der Waals surface area contributed by atoms with Gasteiger partial charge in [-0.3, -0.25) is 14.8 Å². The number of ether oxygens (including phenoxy) is 1. The van der Waals surface area contributed by atoms with Crippen LogP contribution in [0.3, 0.4) is 0 Å². The van der Waals surface area contributed by atoms with Gasteiger partial charge in [-0.05, 0) is 25.1 Å². The lowest BCUT2D eigenvalue weighted by atomic mass is 9.98. The minimum Gasteiger partial charge on any atom is -0.358 e. The number of nitrogens with zero attached hydrogens (tertiary/aromatic N) is 5. The summed E-state index contributed by atoms with van der Waals surface area (Å²) in [5.41, 5.74) is -1.58. The molecule has 1 aliphatic rings. The van der Waals surface area contributed by atoms with Crippen molar-refractivity contribution in [2.24, 2.45) is 0 Å². The third-order valence-electron chi connectivity index (χ3n) is 4.94. The third-order valence-corrected chi connectivity index (χ3v) is 4.94. The van der Waals surface area contributed by atoms with Crippen LogP contribution in [0.1, 0.15) is 16.7 Å². The van der Waals surface area contributed by atoms with Gasteiger partial charge in [0, 0.05) is 26.8 Å². The number of nitrogens with one attached hydrogen (secondary N) is 1. The molecule has 1 N–H and O–H groups in total. The fourth-order valence-electron chi connectivity index (χ4n) is 3.44. The number of aromatic amines is 1. The summed E-state index contributed by atoms with van der Waals surface area (Å²) in [5, 5.41) is 11.5. The van der Waals surface area contributed by atoms with E-state index >= 15 is 0 Å². The molecule has 1 unspecified atom stereocenters. The molecule has 0 aromatic carbocycles. The van der Waals surface area contributed by atoms with Crippen molar-refractivity contribution in [2.45, 2.75) is 31.8 Å². The Morgan fingerprint density at radius 2 is 2.10 bits per heavy atom.